The molecule has 0 aliphatic carbocycles. The van der Waals surface area contributed by atoms with Crippen molar-refractivity contribution in [1.29, 1.82) is 0 Å². The summed E-state index contributed by atoms with van der Waals surface area (Å²) in [6, 6.07) is 23.5. The van der Waals surface area contributed by atoms with E-state index in [-0.39, 0.29) is 6.03 Å². The summed E-state index contributed by atoms with van der Waals surface area (Å²) in [7, 11) is 3.14. The zero-order valence-electron chi connectivity index (χ0n) is 18.9. The van der Waals surface area contributed by atoms with Crippen molar-refractivity contribution in [1.82, 2.24) is 14.9 Å². The lowest BCUT2D eigenvalue weighted by Gasteiger charge is -2.13. The summed E-state index contributed by atoms with van der Waals surface area (Å²) in [6.07, 6.45) is 1.74. The second kappa shape index (κ2) is 10.5. The van der Waals surface area contributed by atoms with Crippen LogP contribution < -0.4 is 20.1 Å². The van der Waals surface area contributed by atoms with Crippen LogP contribution in [0.1, 0.15) is 11.4 Å². The molecule has 0 unspecified atom stereocenters. The highest BCUT2D eigenvalue weighted by atomic mass is 16.5. The van der Waals surface area contributed by atoms with E-state index in [1.54, 1.807) is 32.4 Å². The maximum atomic E-state index is 12.4. The molecule has 0 fully saturated rings. The molecule has 1 aromatic heterocycles. The van der Waals surface area contributed by atoms with Crippen molar-refractivity contribution in [3.8, 4) is 11.5 Å². The number of aromatic nitrogens is 2. The van der Waals surface area contributed by atoms with Crippen molar-refractivity contribution in [2.45, 2.75) is 19.4 Å². The van der Waals surface area contributed by atoms with Gasteiger partial charge in [0, 0.05) is 31.3 Å². The van der Waals surface area contributed by atoms with Crippen molar-refractivity contribution in [3.63, 3.8) is 0 Å². The average Bonchev–Trinajstić information content (AvgIpc) is 3.20. The molecule has 4 aromatic rings. The third-order valence-electron chi connectivity index (χ3n) is 5.48. The van der Waals surface area contributed by atoms with Gasteiger partial charge in [-0.25, -0.2) is 9.78 Å². The van der Waals surface area contributed by atoms with Gasteiger partial charge in [-0.3, -0.25) is 0 Å². The molecule has 7 heteroatoms. The minimum absolute atomic E-state index is 0.280. The Balaban J connectivity index is 1.39. The maximum Gasteiger partial charge on any atom is 0.319 e. The van der Waals surface area contributed by atoms with E-state index in [1.165, 1.54) is 5.56 Å². The van der Waals surface area contributed by atoms with Gasteiger partial charge in [0.15, 0.2) is 11.5 Å². The highest BCUT2D eigenvalue weighted by molar-refractivity contribution is 5.89. The van der Waals surface area contributed by atoms with E-state index in [9.17, 15) is 4.79 Å². The Morgan fingerprint density at radius 2 is 1.67 bits per heavy atom. The fourth-order valence-electron chi connectivity index (χ4n) is 3.84. The van der Waals surface area contributed by atoms with Gasteiger partial charge in [0.25, 0.3) is 0 Å². The second-order valence-corrected chi connectivity index (χ2v) is 7.60. The first-order valence-electron chi connectivity index (χ1n) is 10.9. The molecular weight excluding hydrogens is 416 g/mol. The Morgan fingerprint density at radius 3 is 2.45 bits per heavy atom. The number of rotatable bonds is 9. The quantitative estimate of drug-likeness (QED) is 0.394. The van der Waals surface area contributed by atoms with Crippen LogP contribution in [0, 0.1) is 0 Å². The Hall–Kier alpha value is -4.00. The SMILES string of the molecule is COc1ccc(NC(=O)NCCn2c(CCc3ccccc3)nc3ccccc32)cc1OC. The van der Waals surface area contributed by atoms with Gasteiger partial charge in [-0.05, 0) is 36.2 Å². The molecule has 0 radical (unpaired) electrons. The number of methoxy groups -OCH3 is 2. The smallest absolute Gasteiger partial charge is 0.319 e. The minimum atomic E-state index is -0.280. The summed E-state index contributed by atoms with van der Waals surface area (Å²) >= 11 is 0. The van der Waals surface area contributed by atoms with Gasteiger partial charge in [-0.15, -0.1) is 0 Å². The first-order chi connectivity index (χ1) is 16.2. The van der Waals surface area contributed by atoms with Crippen LogP contribution in [-0.2, 0) is 19.4 Å². The number of hydrogen-bond acceptors (Lipinski definition) is 4. The predicted octanol–water partition coefficient (Wildman–Crippen LogP) is 4.66. The van der Waals surface area contributed by atoms with Gasteiger partial charge in [0.1, 0.15) is 5.82 Å². The minimum Gasteiger partial charge on any atom is -0.493 e. The number of carbonyl (C=O) groups excluding carboxylic acids is 1. The summed E-state index contributed by atoms with van der Waals surface area (Å²) < 4.78 is 12.7. The average molecular weight is 445 g/mol. The molecule has 2 N–H and O–H groups in total. The van der Waals surface area contributed by atoms with E-state index in [1.807, 2.05) is 24.3 Å². The molecule has 0 atom stereocenters. The van der Waals surface area contributed by atoms with Gasteiger partial charge >= 0.3 is 6.03 Å². The first kappa shape index (κ1) is 22.2. The van der Waals surface area contributed by atoms with E-state index in [4.69, 9.17) is 14.5 Å². The number of urea groups is 1. The number of imidazole rings is 1. The number of para-hydroxylation sites is 2. The van der Waals surface area contributed by atoms with E-state index in [0.717, 1.165) is 29.7 Å². The topological polar surface area (TPSA) is 77.4 Å². The van der Waals surface area contributed by atoms with Crippen LogP contribution >= 0.6 is 0 Å². The number of nitrogens with one attached hydrogen (secondary N) is 2. The molecule has 0 aliphatic rings. The van der Waals surface area contributed by atoms with Gasteiger partial charge in [-0.1, -0.05) is 42.5 Å². The van der Waals surface area contributed by atoms with Crippen LogP contribution in [0.4, 0.5) is 10.5 Å². The lowest BCUT2D eigenvalue weighted by atomic mass is 10.1. The van der Waals surface area contributed by atoms with Crippen molar-refractivity contribution in [2.24, 2.45) is 0 Å². The van der Waals surface area contributed by atoms with Crippen LogP contribution in [0.5, 0.6) is 11.5 Å². The molecule has 1 heterocycles. The van der Waals surface area contributed by atoms with Crippen molar-refractivity contribution < 1.29 is 14.3 Å². The molecule has 0 spiro atoms. The van der Waals surface area contributed by atoms with E-state index >= 15 is 0 Å². The highest BCUT2D eigenvalue weighted by Crippen LogP contribution is 2.29. The zero-order chi connectivity index (χ0) is 23.0. The van der Waals surface area contributed by atoms with E-state index < -0.39 is 0 Å². The van der Waals surface area contributed by atoms with Gasteiger partial charge < -0.3 is 24.7 Å². The Labute approximate surface area is 193 Å². The second-order valence-electron chi connectivity index (χ2n) is 7.60. The third kappa shape index (κ3) is 5.44. The van der Waals surface area contributed by atoms with Gasteiger partial charge in [0.05, 0.1) is 25.3 Å². The molecular formula is C26H28N4O3. The number of aryl methyl sites for hydroxylation is 2. The Bertz CT molecular complexity index is 1220. The van der Waals surface area contributed by atoms with Gasteiger partial charge in [-0.2, -0.15) is 0 Å². The third-order valence-corrected chi connectivity index (χ3v) is 5.48. The summed E-state index contributed by atoms with van der Waals surface area (Å²) in [5.74, 6) is 2.18. The number of fused-ring (bicyclic) bond motifs is 1. The Kier molecular flexibility index (Phi) is 7.09. The summed E-state index contributed by atoms with van der Waals surface area (Å²) in [6.45, 7) is 1.10. The summed E-state index contributed by atoms with van der Waals surface area (Å²) in [5.41, 5.74) is 3.95. The molecule has 0 bridgehead atoms. The summed E-state index contributed by atoms with van der Waals surface area (Å²) in [4.78, 5) is 17.3. The molecule has 7 nitrogen and oxygen atoms in total. The van der Waals surface area contributed by atoms with Crippen molar-refractivity contribution >= 4 is 22.8 Å². The van der Waals surface area contributed by atoms with Crippen LogP contribution in [0.25, 0.3) is 11.0 Å². The molecule has 0 aliphatic heterocycles. The van der Waals surface area contributed by atoms with E-state index in [0.29, 0.717) is 30.3 Å². The number of hydrogen-bond donors (Lipinski definition) is 2. The number of amides is 2. The van der Waals surface area contributed by atoms with Crippen LogP contribution in [0.3, 0.4) is 0 Å². The van der Waals surface area contributed by atoms with E-state index in [2.05, 4.69) is 45.5 Å². The molecule has 4 rings (SSSR count). The lowest BCUT2D eigenvalue weighted by Crippen LogP contribution is -2.31. The predicted molar refractivity (Wildman–Crippen MR) is 130 cm³/mol. The number of carbonyl (C=O) groups is 1. The molecule has 3 aromatic carbocycles. The Morgan fingerprint density at radius 1 is 0.909 bits per heavy atom. The standard InChI is InChI=1S/C26H28N4O3/c1-32-23-14-13-20(18-24(23)33-2)28-26(31)27-16-17-30-22-11-7-6-10-21(22)29-25(30)15-12-19-8-4-3-5-9-19/h3-11,13-14,18H,12,15-17H2,1-2H3,(H2,27,28,31). The first-order valence-corrected chi connectivity index (χ1v) is 10.9. The molecule has 2 amide bonds. The van der Waals surface area contributed by atoms with Crippen molar-refractivity contribution in [3.05, 3.63) is 84.2 Å². The fourth-order valence-corrected chi connectivity index (χ4v) is 3.84. The fraction of sp³-hybridized carbons (Fsp3) is 0.231. The monoisotopic (exact) mass is 444 g/mol. The van der Waals surface area contributed by atoms with Gasteiger partial charge in [0.2, 0.25) is 0 Å². The molecule has 0 saturated carbocycles. The van der Waals surface area contributed by atoms with Crippen LogP contribution in [-0.4, -0.2) is 36.3 Å². The molecule has 170 valence electrons. The van der Waals surface area contributed by atoms with Crippen LogP contribution in [0.15, 0.2) is 72.8 Å². The zero-order valence-corrected chi connectivity index (χ0v) is 18.9. The van der Waals surface area contributed by atoms with Crippen LogP contribution in [0.2, 0.25) is 0 Å². The molecule has 0 saturated heterocycles. The maximum absolute atomic E-state index is 12.4. The number of anilines is 1. The summed E-state index contributed by atoms with van der Waals surface area (Å²) in [5, 5.41) is 5.77. The lowest BCUT2D eigenvalue weighted by molar-refractivity contribution is 0.251. The number of nitrogens with zero attached hydrogens (tertiary/aromatic N) is 2. The highest BCUT2D eigenvalue weighted by Gasteiger charge is 2.12. The number of benzene rings is 3. The molecule has 33 heavy (non-hydrogen) atoms. The van der Waals surface area contributed by atoms with Crippen molar-refractivity contribution in [2.75, 3.05) is 26.1 Å². The number of ether oxygens (including phenoxy) is 2. The normalized spacial score (nSPS) is 10.7. The largest absolute Gasteiger partial charge is 0.493 e.